The van der Waals surface area contributed by atoms with Crippen molar-refractivity contribution < 1.29 is 9.53 Å². The van der Waals surface area contributed by atoms with Crippen LogP contribution in [0.1, 0.15) is 11.1 Å². The van der Waals surface area contributed by atoms with Gasteiger partial charge in [0, 0.05) is 24.8 Å². The zero-order valence-corrected chi connectivity index (χ0v) is 18.3. The molecular weight excluding hydrogens is 404 g/mol. The first-order valence-corrected chi connectivity index (χ1v) is 10.6. The fourth-order valence-corrected chi connectivity index (χ4v) is 3.64. The molecule has 8 heteroatoms. The monoisotopic (exact) mass is 432 g/mol. The molecule has 0 unspecified atom stereocenters. The summed E-state index contributed by atoms with van der Waals surface area (Å²) in [6.45, 7) is 1.91. The van der Waals surface area contributed by atoms with E-state index in [1.807, 2.05) is 49.3 Å². The van der Waals surface area contributed by atoms with E-state index < -0.39 is 0 Å². The number of rotatable bonds is 7. The minimum Gasteiger partial charge on any atom is -0.490 e. The summed E-state index contributed by atoms with van der Waals surface area (Å²) in [5, 5.41) is 6.37. The fraction of sp³-hybridized carbons (Fsp3) is 0.292. The third-order valence-electron chi connectivity index (χ3n) is 5.40. The first-order chi connectivity index (χ1) is 15.5. The van der Waals surface area contributed by atoms with Crippen LogP contribution in [0.3, 0.4) is 0 Å². The number of carbonyl (C=O) groups excluding carboxylic acids is 1. The summed E-state index contributed by atoms with van der Waals surface area (Å²) in [7, 11) is 3.97. The largest absolute Gasteiger partial charge is 0.490 e. The molecule has 0 radical (unpaired) electrons. The van der Waals surface area contributed by atoms with E-state index in [-0.39, 0.29) is 17.9 Å². The van der Waals surface area contributed by atoms with Gasteiger partial charge in [-0.05, 0) is 49.8 Å². The summed E-state index contributed by atoms with van der Waals surface area (Å²) in [4.78, 5) is 23.3. The van der Waals surface area contributed by atoms with Crippen LogP contribution in [0.2, 0.25) is 0 Å². The highest BCUT2D eigenvalue weighted by molar-refractivity contribution is 5.96. The predicted octanol–water partition coefficient (Wildman–Crippen LogP) is 2.32. The number of amides is 1. The number of ether oxygens (including phenoxy) is 1. The molecule has 1 aliphatic rings. The topological polar surface area (TPSA) is 105 Å². The molecule has 3 aromatic rings. The van der Waals surface area contributed by atoms with Gasteiger partial charge in [0.25, 0.3) is 0 Å². The molecule has 1 aliphatic heterocycles. The first-order valence-electron chi connectivity index (χ1n) is 10.6. The van der Waals surface area contributed by atoms with Gasteiger partial charge in [-0.15, -0.1) is 0 Å². The molecule has 0 aliphatic carbocycles. The van der Waals surface area contributed by atoms with E-state index in [1.165, 1.54) is 11.1 Å². The number of benzene rings is 2. The quantitative estimate of drug-likeness (QED) is 0.526. The summed E-state index contributed by atoms with van der Waals surface area (Å²) in [5.41, 5.74) is 10.3. The Morgan fingerprint density at radius 2 is 2.03 bits per heavy atom. The van der Waals surface area contributed by atoms with E-state index in [1.54, 1.807) is 12.3 Å². The van der Waals surface area contributed by atoms with Crippen molar-refractivity contribution in [2.24, 2.45) is 0 Å². The maximum absolute atomic E-state index is 13.0. The van der Waals surface area contributed by atoms with Crippen molar-refractivity contribution in [3.8, 4) is 17.0 Å². The molecule has 1 amide bonds. The SMILES string of the molecule is CN(C)CCOc1cc(-c2ccnc(N)n2)ccc1NC(=O)[C@H]1Cc2ccccc2CN1. The van der Waals surface area contributed by atoms with Gasteiger partial charge in [-0.3, -0.25) is 4.79 Å². The van der Waals surface area contributed by atoms with E-state index in [4.69, 9.17) is 10.5 Å². The lowest BCUT2D eigenvalue weighted by Crippen LogP contribution is -2.44. The number of hydrogen-bond acceptors (Lipinski definition) is 7. The Bertz CT molecular complexity index is 1100. The van der Waals surface area contributed by atoms with Crippen LogP contribution in [0.5, 0.6) is 5.75 Å². The molecule has 166 valence electrons. The average Bonchev–Trinajstić information content (AvgIpc) is 2.79. The number of fused-ring (bicyclic) bond motifs is 1. The van der Waals surface area contributed by atoms with Gasteiger partial charge < -0.3 is 26.0 Å². The van der Waals surface area contributed by atoms with E-state index in [0.29, 0.717) is 36.7 Å². The van der Waals surface area contributed by atoms with Crippen LogP contribution < -0.4 is 21.1 Å². The summed E-state index contributed by atoms with van der Waals surface area (Å²) in [6, 6.07) is 15.3. The van der Waals surface area contributed by atoms with Crippen LogP contribution in [0.4, 0.5) is 11.6 Å². The van der Waals surface area contributed by atoms with Crippen molar-refractivity contribution in [2.45, 2.75) is 19.0 Å². The van der Waals surface area contributed by atoms with E-state index in [0.717, 1.165) is 12.1 Å². The molecule has 8 nitrogen and oxygen atoms in total. The molecule has 1 aromatic heterocycles. The number of likely N-dealkylation sites (N-methyl/N-ethyl adjacent to an activating group) is 1. The molecule has 1 atom stereocenters. The Hall–Kier alpha value is -3.49. The summed E-state index contributed by atoms with van der Waals surface area (Å²) >= 11 is 0. The van der Waals surface area contributed by atoms with Crippen molar-refractivity contribution in [1.29, 1.82) is 0 Å². The highest BCUT2D eigenvalue weighted by atomic mass is 16.5. The zero-order chi connectivity index (χ0) is 22.5. The van der Waals surface area contributed by atoms with Gasteiger partial charge in [0.05, 0.1) is 17.4 Å². The van der Waals surface area contributed by atoms with Crippen molar-refractivity contribution in [3.05, 3.63) is 65.9 Å². The molecule has 0 saturated heterocycles. The van der Waals surface area contributed by atoms with Crippen LogP contribution in [0.15, 0.2) is 54.7 Å². The van der Waals surface area contributed by atoms with Crippen molar-refractivity contribution in [2.75, 3.05) is 38.3 Å². The van der Waals surface area contributed by atoms with Crippen LogP contribution >= 0.6 is 0 Å². The van der Waals surface area contributed by atoms with Crippen molar-refractivity contribution in [3.63, 3.8) is 0 Å². The fourth-order valence-electron chi connectivity index (χ4n) is 3.64. The van der Waals surface area contributed by atoms with Crippen LogP contribution in [0.25, 0.3) is 11.3 Å². The molecule has 4 N–H and O–H groups in total. The molecule has 2 aromatic carbocycles. The Morgan fingerprint density at radius 1 is 1.22 bits per heavy atom. The Morgan fingerprint density at radius 3 is 2.81 bits per heavy atom. The number of nitrogen functional groups attached to an aromatic ring is 1. The second-order valence-electron chi connectivity index (χ2n) is 8.06. The summed E-state index contributed by atoms with van der Waals surface area (Å²) < 4.78 is 6.03. The molecule has 32 heavy (non-hydrogen) atoms. The number of carbonyl (C=O) groups is 1. The van der Waals surface area contributed by atoms with Gasteiger partial charge in [0.15, 0.2) is 0 Å². The smallest absolute Gasteiger partial charge is 0.241 e. The summed E-state index contributed by atoms with van der Waals surface area (Å²) in [6.07, 6.45) is 2.27. The third kappa shape index (κ3) is 5.22. The number of aromatic nitrogens is 2. The van der Waals surface area contributed by atoms with E-state index >= 15 is 0 Å². The average molecular weight is 433 g/mol. The second kappa shape index (κ2) is 9.76. The predicted molar refractivity (Wildman–Crippen MR) is 125 cm³/mol. The molecular formula is C24H28N6O2. The lowest BCUT2D eigenvalue weighted by atomic mass is 9.95. The number of nitrogens with two attached hydrogens (primary N) is 1. The first kappa shape index (κ1) is 21.7. The number of anilines is 2. The maximum atomic E-state index is 13.0. The molecule has 2 heterocycles. The van der Waals surface area contributed by atoms with Crippen molar-refractivity contribution in [1.82, 2.24) is 20.2 Å². The third-order valence-corrected chi connectivity index (χ3v) is 5.40. The normalized spacial score (nSPS) is 15.3. The molecule has 0 bridgehead atoms. The summed E-state index contributed by atoms with van der Waals surface area (Å²) in [5.74, 6) is 0.709. The molecule has 0 saturated carbocycles. The lowest BCUT2D eigenvalue weighted by Gasteiger charge is -2.25. The van der Waals surface area contributed by atoms with Gasteiger partial charge in [0.2, 0.25) is 11.9 Å². The highest BCUT2D eigenvalue weighted by Crippen LogP contribution is 2.31. The van der Waals surface area contributed by atoms with Gasteiger partial charge in [-0.1, -0.05) is 30.3 Å². The molecule has 4 rings (SSSR count). The lowest BCUT2D eigenvalue weighted by molar-refractivity contribution is -0.118. The van der Waals surface area contributed by atoms with Gasteiger partial charge in [-0.25, -0.2) is 9.97 Å². The van der Waals surface area contributed by atoms with Gasteiger partial charge in [-0.2, -0.15) is 0 Å². The highest BCUT2D eigenvalue weighted by Gasteiger charge is 2.24. The zero-order valence-electron chi connectivity index (χ0n) is 18.3. The maximum Gasteiger partial charge on any atom is 0.241 e. The van der Waals surface area contributed by atoms with Crippen molar-refractivity contribution >= 4 is 17.5 Å². The Kier molecular flexibility index (Phi) is 6.63. The van der Waals surface area contributed by atoms with Gasteiger partial charge >= 0.3 is 0 Å². The van der Waals surface area contributed by atoms with Gasteiger partial charge in [0.1, 0.15) is 12.4 Å². The standard InChI is InChI=1S/C24H28N6O2/c1-30(2)11-12-32-22-14-17(19-9-10-26-24(25)29-19)7-8-20(22)28-23(31)21-13-16-5-3-4-6-18(16)15-27-21/h3-10,14,21,27H,11-13,15H2,1-2H3,(H,28,31)(H2,25,26,29)/t21-/m1/s1. The number of nitrogens with zero attached hydrogens (tertiary/aromatic N) is 3. The molecule has 0 fully saturated rings. The number of hydrogen-bond donors (Lipinski definition) is 3. The Labute approximate surface area is 187 Å². The minimum atomic E-state index is -0.305. The van der Waals surface area contributed by atoms with E-state index in [9.17, 15) is 4.79 Å². The van der Waals surface area contributed by atoms with Crippen LogP contribution in [-0.4, -0.2) is 54.1 Å². The minimum absolute atomic E-state index is 0.0870. The van der Waals surface area contributed by atoms with Crippen LogP contribution in [0, 0.1) is 0 Å². The van der Waals surface area contributed by atoms with Crippen LogP contribution in [-0.2, 0) is 17.8 Å². The Balaban J connectivity index is 1.54. The number of nitrogens with one attached hydrogen (secondary N) is 2. The molecule has 0 spiro atoms. The van der Waals surface area contributed by atoms with E-state index in [2.05, 4.69) is 32.7 Å². The second-order valence-corrected chi connectivity index (χ2v) is 8.06.